The molecule has 1 aliphatic rings. The van der Waals surface area contributed by atoms with E-state index in [1.807, 2.05) is 11.3 Å². The molecular weight excluding hydrogens is 332 g/mol. The first kappa shape index (κ1) is 14.2. The van der Waals surface area contributed by atoms with Crippen LogP contribution in [0.5, 0.6) is 0 Å². The number of nitrogens with one attached hydrogen (secondary N) is 1. The summed E-state index contributed by atoms with van der Waals surface area (Å²) in [7, 11) is 0. The van der Waals surface area contributed by atoms with Crippen LogP contribution in [-0.4, -0.2) is 11.0 Å². The maximum Gasteiger partial charge on any atom is 0.123 e. The Hall–Kier alpha value is -0.710. The smallest absolute Gasteiger partial charge is 0.123 e. The van der Waals surface area contributed by atoms with Gasteiger partial charge in [-0.25, -0.2) is 4.98 Å². The van der Waals surface area contributed by atoms with Gasteiger partial charge in [0.05, 0.1) is 5.69 Å². The lowest BCUT2D eigenvalue weighted by Crippen LogP contribution is -2.15. The second kappa shape index (κ2) is 5.96. The predicted octanol–water partition coefficient (Wildman–Crippen LogP) is 4.95. The second-order valence-corrected chi connectivity index (χ2v) is 7.65. The molecule has 0 radical (unpaired) electrons. The van der Waals surface area contributed by atoms with E-state index in [1.54, 1.807) is 0 Å². The normalized spacial score (nSPS) is 15.0. The number of aromatic nitrogens is 1. The molecular formula is C16H19BrN2S. The monoisotopic (exact) mass is 350 g/mol. The Morgan fingerprint density at radius 1 is 1.40 bits per heavy atom. The van der Waals surface area contributed by atoms with E-state index in [2.05, 4.69) is 59.4 Å². The summed E-state index contributed by atoms with van der Waals surface area (Å²) in [6.45, 7) is 5.41. The van der Waals surface area contributed by atoms with E-state index in [-0.39, 0.29) is 0 Å². The molecule has 1 N–H and O–H groups in total. The van der Waals surface area contributed by atoms with Gasteiger partial charge in [0.15, 0.2) is 0 Å². The van der Waals surface area contributed by atoms with Crippen molar-refractivity contribution in [3.05, 3.63) is 39.3 Å². The van der Waals surface area contributed by atoms with E-state index in [9.17, 15) is 0 Å². The minimum atomic E-state index is 0.475. The molecule has 0 saturated heterocycles. The molecule has 1 aromatic carbocycles. The first-order chi connectivity index (χ1) is 9.63. The molecule has 2 aromatic rings. The zero-order chi connectivity index (χ0) is 14.1. The van der Waals surface area contributed by atoms with Crippen LogP contribution in [0.15, 0.2) is 28.7 Å². The summed E-state index contributed by atoms with van der Waals surface area (Å²) in [6, 6.07) is 9.13. The van der Waals surface area contributed by atoms with Crippen molar-refractivity contribution in [1.29, 1.82) is 0 Å². The van der Waals surface area contributed by atoms with Gasteiger partial charge in [0.2, 0.25) is 0 Å². The van der Waals surface area contributed by atoms with E-state index >= 15 is 0 Å². The van der Waals surface area contributed by atoms with Crippen LogP contribution in [0.25, 0.3) is 10.6 Å². The molecule has 2 nitrogen and oxygen atoms in total. The molecule has 0 atom stereocenters. The Kier molecular flexibility index (Phi) is 4.24. The fraction of sp³-hybridized carbons (Fsp3) is 0.438. The third-order valence-corrected chi connectivity index (χ3v) is 5.09. The highest BCUT2D eigenvalue weighted by Crippen LogP contribution is 2.33. The van der Waals surface area contributed by atoms with Crippen LogP contribution in [0.2, 0.25) is 0 Å². The van der Waals surface area contributed by atoms with Gasteiger partial charge in [-0.05, 0) is 30.9 Å². The van der Waals surface area contributed by atoms with E-state index in [0.717, 1.165) is 22.1 Å². The Bertz CT molecular complexity index is 602. The Morgan fingerprint density at radius 2 is 2.20 bits per heavy atom. The molecule has 20 heavy (non-hydrogen) atoms. The average Bonchev–Trinajstić information content (AvgIpc) is 3.14. The maximum atomic E-state index is 4.88. The van der Waals surface area contributed by atoms with Gasteiger partial charge in [0.1, 0.15) is 5.01 Å². The molecule has 0 spiro atoms. The predicted molar refractivity (Wildman–Crippen MR) is 89.2 cm³/mol. The Morgan fingerprint density at radius 3 is 2.85 bits per heavy atom. The fourth-order valence-corrected chi connectivity index (χ4v) is 3.77. The summed E-state index contributed by atoms with van der Waals surface area (Å²) in [5.74, 6) is 0.475. The van der Waals surface area contributed by atoms with E-state index < -0.39 is 0 Å². The minimum absolute atomic E-state index is 0.475. The van der Waals surface area contributed by atoms with Gasteiger partial charge in [-0.2, -0.15) is 0 Å². The van der Waals surface area contributed by atoms with Crippen molar-refractivity contribution in [3.63, 3.8) is 0 Å². The van der Waals surface area contributed by atoms with Gasteiger partial charge in [-0.3, -0.25) is 0 Å². The molecule has 1 saturated carbocycles. The highest BCUT2D eigenvalue weighted by molar-refractivity contribution is 9.10. The number of hydrogen-bond acceptors (Lipinski definition) is 3. The highest BCUT2D eigenvalue weighted by atomic mass is 79.9. The maximum absolute atomic E-state index is 4.88. The van der Waals surface area contributed by atoms with Gasteiger partial charge in [0, 0.05) is 27.5 Å². The van der Waals surface area contributed by atoms with Gasteiger partial charge in [0.25, 0.3) is 0 Å². The third-order valence-electron chi connectivity index (χ3n) is 3.47. The zero-order valence-corrected chi connectivity index (χ0v) is 14.2. The topological polar surface area (TPSA) is 24.9 Å². The van der Waals surface area contributed by atoms with Gasteiger partial charge >= 0.3 is 0 Å². The summed E-state index contributed by atoms with van der Waals surface area (Å²) < 4.78 is 1.11. The van der Waals surface area contributed by atoms with Crippen LogP contribution in [0.1, 0.15) is 43.2 Å². The number of rotatable bonds is 5. The lowest BCUT2D eigenvalue weighted by Gasteiger charge is -2.05. The number of halogens is 1. The van der Waals surface area contributed by atoms with Crippen molar-refractivity contribution >= 4 is 27.3 Å². The van der Waals surface area contributed by atoms with Gasteiger partial charge in [-0.15, -0.1) is 11.3 Å². The summed E-state index contributed by atoms with van der Waals surface area (Å²) in [4.78, 5) is 6.27. The lowest BCUT2D eigenvalue weighted by molar-refractivity contribution is 0.681. The molecule has 0 aliphatic heterocycles. The average molecular weight is 351 g/mol. The van der Waals surface area contributed by atoms with Crippen molar-refractivity contribution in [1.82, 2.24) is 10.3 Å². The highest BCUT2D eigenvalue weighted by Gasteiger charge is 2.22. The molecule has 106 valence electrons. The van der Waals surface area contributed by atoms with Gasteiger partial charge in [-0.1, -0.05) is 41.9 Å². The minimum Gasteiger partial charge on any atom is -0.309 e. The summed E-state index contributed by atoms with van der Waals surface area (Å²) in [6.07, 6.45) is 2.66. The molecule has 3 rings (SSSR count). The van der Waals surface area contributed by atoms with E-state index in [1.165, 1.54) is 29.0 Å². The summed E-state index contributed by atoms with van der Waals surface area (Å²) in [5.41, 5.74) is 2.45. The van der Waals surface area contributed by atoms with Crippen molar-refractivity contribution in [3.8, 4) is 10.6 Å². The molecule has 0 amide bonds. The van der Waals surface area contributed by atoms with E-state index in [4.69, 9.17) is 4.98 Å². The van der Waals surface area contributed by atoms with Crippen LogP contribution in [0.3, 0.4) is 0 Å². The molecule has 0 unspecified atom stereocenters. The van der Waals surface area contributed by atoms with Crippen molar-refractivity contribution in [2.24, 2.45) is 0 Å². The van der Waals surface area contributed by atoms with Crippen LogP contribution in [0.4, 0.5) is 0 Å². The zero-order valence-electron chi connectivity index (χ0n) is 11.8. The third kappa shape index (κ3) is 3.30. The number of benzene rings is 1. The number of thiazole rings is 1. The van der Waals surface area contributed by atoms with Crippen molar-refractivity contribution < 1.29 is 0 Å². The van der Waals surface area contributed by atoms with Crippen LogP contribution in [0, 0.1) is 0 Å². The number of hydrogen-bond donors (Lipinski definition) is 1. The SMILES string of the molecule is CC(C)c1nc(-c2cccc(Br)c2)sc1CNC1CC1. The first-order valence-corrected chi connectivity index (χ1v) is 8.73. The fourth-order valence-electron chi connectivity index (χ4n) is 2.21. The second-order valence-electron chi connectivity index (χ2n) is 5.65. The van der Waals surface area contributed by atoms with Crippen LogP contribution < -0.4 is 5.32 Å². The van der Waals surface area contributed by atoms with Gasteiger partial charge < -0.3 is 5.32 Å². The van der Waals surface area contributed by atoms with Crippen LogP contribution >= 0.6 is 27.3 Å². The molecule has 1 aliphatic carbocycles. The molecule has 0 bridgehead atoms. The lowest BCUT2D eigenvalue weighted by atomic mass is 10.1. The molecule has 4 heteroatoms. The summed E-state index contributed by atoms with van der Waals surface area (Å²) >= 11 is 5.36. The Balaban J connectivity index is 1.89. The van der Waals surface area contributed by atoms with E-state index in [0.29, 0.717) is 5.92 Å². The van der Waals surface area contributed by atoms with Crippen molar-refractivity contribution in [2.45, 2.75) is 45.2 Å². The largest absolute Gasteiger partial charge is 0.309 e. The number of nitrogens with zero attached hydrogens (tertiary/aromatic N) is 1. The summed E-state index contributed by atoms with van der Waals surface area (Å²) in [5, 5.41) is 4.73. The molecule has 1 fully saturated rings. The Labute approximate surface area is 132 Å². The molecule has 1 heterocycles. The first-order valence-electron chi connectivity index (χ1n) is 7.12. The standard InChI is InChI=1S/C16H19BrN2S/c1-10(2)15-14(9-18-13-6-7-13)20-16(19-15)11-4-3-5-12(17)8-11/h3-5,8,10,13,18H,6-7,9H2,1-2H3. The molecule has 1 aromatic heterocycles. The quantitative estimate of drug-likeness (QED) is 0.825. The van der Waals surface area contributed by atoms with Crippen molar-refractivity contribution in [2.75, 3.05) is 0 Å². The van der Waals surface area contributed by atoms with Crippen LogP contribution in [-0.2, 0) is 6.54 Å².